The summed E-state index contributed by atoms with van der Waals surface area (Å²) in [4.78, 5) is 23.9. The van der Waals surface area contributed by atoms with Crippen LogP contribution in [0.1, 0.15) is 29.3 Å². The number of alkyl halides is 2. The van der Waals surface area contributed by atoms with Gasteiger partial charge in [-0.05, 0) is 48.4 Å². The minimum atomic E-state index is -2.92. The Bertz CT molecular complexity index is 1030. The molecule has 0 amide bonds. The van der Waals surface area contributed by atoms with E-state index in [-0.39, 0.29) is 18.1 Å². The number of benzene rings is 2. The Labute approximate surface area is 159 Å². The summed E-state index contributed by atoms with van der Waals surface area (Å²) in [5.74, 6) is 0.0279. The molecule has 0 saturated carbocycles. The molecule has 0 aliphatic carbocycles. The second kappa shape index (κ2) is 8.65. The van der Waals surface area contributed by atoms with Gasteiger partial charge >= 0.3 is 12.2 Å². The zero-order chi connectivity index (χ0) is 20.1. The maximum absolute atomic E-state index is 12.2. The molecule has 0 saturated heterocycles. The van der Waals surface area contributed by atoms with Gasteiger partial charge in [-0.1, -0.05) is 13.3 Å². The van der Waals surface area contributed by atoms with E-state index in [1.807, 2.05) is 6.92 Å². The van der Waals surface area contributed by atoms with Crippen LogP contribution in [0.4, 0.5) is 8.78 Å². The molecule has 0 radical (unpaired) electrons. The Morgan fingerprint density at radius 3 is 2.46 bits per heavy atom. The van der Waals surface area contributed by atoms with Crippen molar-refractivity contribution in [2.45, 2.75) is 26.4 Å². The Balaban J connectivity index is 1.71. The van der Waals surface area contributed by atoms with Gasteiger partial charge in [0.2, 0.25) is 0 Å². The minimum absolute atomic E-state index is 0.0279. The Kier molecular flexibility index (Phi) is 6.03. The topological polar surface area (TPSA) is 65.7 Å². The predicted molar refractivity (Wildman–Crippen MR) is 99.4 cm³/mol. The molecular formula is C21H18F2O5. The van der Waals surface area contributed by atoms with E-state index in [2.05, 4.69) is 4.74 Å². The number of aryl methyl sites for hydroxylation is 1. The van der Waals surface area contributed by atoms with Crippen LogP contribution in [-0.4, -0.2) is 19.0 Å². The van der Waals surface area contributed by atoms with E-state index in [1.54, 1.807) is 18.2 Å². The van der Waals surface area contributed by atoms with E-state index in [1.165, 1.54) is 30.3 Å². The molecule has 3 aromatic rings. The van der Waals surface area contributed by atoms with Crippen molar-refractivity contribution in [2.24, 2.45) is 0 Å². The molecular weight excluding hydrogens is 370 g/mol. The average Bonchev–Trinajstić information content (AvgIpc) is 2.66. The Morgan fingerprint density at radius 2 is 1.79 bits per heavy atom. The molecule has 2 aromatic carbocycles. The van der Waals surface area contributed by atoms with E-state index in [0.29, 0.717) is 16.9 Å². The molecule has 0 aliphatic heterocycles. The van der Waals surface area contributed by atoms with Crippen LogP contribution < -0.4 is 15.1 Å². The highest BCUT2D eigenvalue weighted by Crippen LogP contribution is 2.24. The van der Waals surface area contributed by atoms with Crippen molar-refractivity contribution in [2.75, 3.05) is 6.61 Å². The van der Waals surface area contributed by atoms with Crippen LogP contribution in [0.5, 0.6) is 11.5 Å². The van der Waals surface area contributed by atoms with Gasteiger partial charge < -0.3 is 13.9 Å². The lowest BCUT2D eigenvalue weighted by molar-refractivity contribution is -0.0498. The lowest BCUT2D eigenvalue weighted by Crippen LogP contribution is -2.12. The van der Waals surface area contributed by atoms with E-state index >= 15 is 0 Å². The van der Waals surface area contributed by atoms with Crippen molar-refractivity contribution in [1.82, 2.24) is 0 Å². The highest BCUT2D eigenvalue weighted by Gasteiger charge is 2.11. The van der Waals surface area contributed by atoms with Crippen molar-refractivity contribution in [3.8, 4) is 11.5 Å². The molecule has 0 atom stereocenters. The zero-order valence-corrected chi connectivity index (χ0v) is 15.1. The van der Waals surface area contributed by atoms with E-state index in [4.69, 9.17) is 9.15 Å². The molecule has 0 N–H and O–H groups in total. The number of rotatable bonds is 8. The molecule has 1 aromatic heterocycles. The van der Waals surface area contributed by atoms with Gasteiger partial charge in [0, 0.05) is 23.1 Å². The molecule has 0 unspecified atom stereocenters. The van der Waals surface area contributed by atoms with Crippen LogP contribution >= 0.6 is 0 Å². The van der Waals surface area contributed by atoms with E-state index < -0.39 is 12.2 Å². The van der Waals surface area contributed by atoms with Gasteiger partial charge in [0.15, 0.2) is 12.4 Å². The smallest absolute Gasteiger partial charge is 0.387 e. The first kappa shape index (κ1) is 19.5. The molecule has 1 heterocycles. The number of fused-ring (bicyclic) bond motifs is 1. The molecule has 146 valence electrons. The van der Waals surface area contributed by atoms with Crippen LogP contribution in [0.25, 0.3) is 11.0 Å². The van der Waals surface area contributed by atoms with Gasteiger partial charge in [0.05, 0.1) is 0 Å². The molecule has 0 spiro atoms. The number of hydrogen-bond acceptors (Lipinski definition) is 5. The standard InChI is InChI=1S/C21H18F2O5/c1-2-3-14-10-20(25)28-19-11-16(8-9-17(14)19)26-12-18(24)13-4-6-15(7-5-13)27-21(22)23/h4-11,21H,2-3,12H2,1H3. The number of ketones is 1. The Hall–Kier alpha value is -3.22. The molecule has 5 nitrogen and oxygen atoms in total. The van der Waals surface area contributed by atoms with E-state index in [0.717, 1.165) is 23.8 Å². The molecule has 7 heteroatoms. The second-order valence-corrected chi connectivity index (χ2v) is 6.11. The van der Waals surface area contributed by atoms with Crippen LogP contribution in [-0.2, 0) is 6.42 Å². The van der Waals surface area contributed by atoms with Gasteiger partial charge in [-0.25, -0.2) is 4.79 Å². The highest BCUT2D eigenvalue weighted by molar-refractivity contribution is 5.97. The summed E-state index contributed by atoms with van der Waals surface area (Å²) in [5.41, 5.74) is 1.17. The Morgan fingerprint density at radius 1 is 1.07 bits per heavy atom. The third kappa shape index (κ3) is 4.73. The zero-order valence-electron chi connectivity index (χ0n) is 15.1. The van der Waals surface area contributed by atoms with Gasteiger partial charge in [-0.2, -0.15) is 8.78 Å². The normalized spacial score (nSPS) is 11.0. The fraction of sp³-hybridized carbons (Fsp3) is 0.238. The third-order valence-corrected chi connectivity index (χ3v) is 4.09. The summed E-state index contributed by atoms with van der Waals surface area (Å²) in [7, 11) is 0. The molecule has 0 bridgehead atoms. The number of ether oxygens (including phenoxy) is 2. The number of carbonyl (C=O) groups excluding carboxylic acids is 1. The highest BCUT2D eigenvalue weighted by atomic mass is 19.3. The quantitative estimate of drug-likeness (QED) is 0.417. The van der Waals surface area contributed by atoms with Crippen molar-refractivity contribution in [1.29, 1.82) is 0 Å². The van der Waals surface area contributed by atoms with Gasteiger partial charge in [0.1, 0.15) is 17.1 Å². The number of Topliss-reactive ketones (excluding diaryl/α,β-unsaturated/α-hetero) is 1. The van der Waals surface area contributed by atoms with Crippen LogP contribution in [0.3, 0.4) is 0 Å². The van der Waals surface area contributed by atoms with Gasteiger partial charge in [-0.3, -0.25) is 4.79 Å². The maximum atomic E-state index is 12.2. The summed E-state index contributed by atoms with van der Waals surface area (Å²) in [5, 5.41) is 0.828. The first-order valence-electron chi connectivity index (χ1n) is 8.74. The molecule has 28 heavy (non-hydrogen) atoms. The van der Waals surface area contributed by atoms with Crippen LogP contribution in [0.15, 0.2) is 57.7 Å². The maximum Gasteiger partial charge on any atom is 0.387 e. The second-order valence-electron chi connectivity index (χ2n) is 6.11. The summed E-state index contributed by atoms with van der Waals surface area (Å²) in [6.07, 6.45) is 1.65. The third-order valence-electron chi connectivity index (χ3n) is 4.09. The lowest BCUT2D eigenvalue weighted by atomic mass is 10.1. The summed E-state index contributed by atoms with van der Waals surface area (Å²) < 4.78 is 39.3. The first-order valence-corrected chi connectivity index (χ1v) is 8.74. The fourth-order valence-corrected chi connectivity index (χ4v) is 2.83. The summed E-state index contributed by atoms with van der Waals surface area (Å²) in [6, 6.07) is 11.9. The van der Waals surface area contributed by atoms with Crippen LogP contribution in [0, 0.1) is 0 Å². The van der Waals surface area contributed by atoms with Crippen LogP contribution in [0.2, 0.25) is 0 Å². The monoisotopic (exact) mass is 388 g/mol. The largest absolute Gasteiger partial charge is 0.485 e. The predicted octanol–water partition coefficient (Wildman–Crippen LogP) is 4.61. The first-order chi connectivity index (χ1) is 13.5. The average molecular weight is 388 g/mol. The SMILES string of the molecule is CCCc1cc(=O)oc2cc(OCC(=O)c3ccc(OC(F)F)cc3)ccc12. The molecule has 0 aliphatic rings. The number of halogens is 2. The van der Waals surface area contributed by atoms with E-state index in [9.17, 15) is 18.4 Å². The lowest BCUT2D eigenvalue weighted by Gasteiger charge is -2.09. The van der Waals surface area contributed by atoms with Gasteiger partial charge in [-0.15, -0.1) is 0 Å². The van der Waals surface area contributed by atoms with Crippen molar-refractivity contribution in [3.05, 3.63) is 70.1 Å². The summed E-state index contributed by atoms with van der Waals surface area (Å²) in [6.45, 7) is -1.15. The van der Waals surface area contributed by atoms with Crippen molar-refractivity contribution >= 4 is 16.8 Å². The number of hydrogen-bond donors (Lipinski definition) is 0. The van der Waals surface area contributed by atoms with Crippen molar-refractivity contribution < 1.29 is 27.5 Å². The number of carbonyl (C=O) groups is 1. The molecule has 3 rings (SSSR count). The van der Waals surface area contributed by atoms with Gasteiger partial charge in [0.25, 0.3) is 0 Å². The van der Waals surface area contributed by atoms with Crippen molar-refractivity contribution in [3.63, 3.8) is 0 Å². The minimum Gasteiger partial charge on any atom is -0.485 e. The molecule has 0 fully saturated rings. The summed E-state index contributed by atoms with van der Waals surface area (Å²) >= 11 is 0. The fourth-order valence-electron chi connectivity index (χ4n) is 2.83.